The van der Waals surface area contributed by atoms with Crippen LogP contribution >= 0.6 is 11.8 Å². The summed E-state index contributed by atoms with van der Waals surface area (Å²) in [5.41, 5.74) is 3.11. The van der Waals surface area contributed by atoms with Crippen molar-refractivity contribution >= 4 is 34.5 Å². The van der Waals surface area contributed by atoms with Gasteiger partial charge in [0.25, 0.3) is 5.56 Å². The number of aryl methyl sites for hydroxylation is 1. The van der Waals surface area contributed by atoms with Gasteiger partial charge in [-0.3, -0.25) is 19.0 Å². The highest BCUT2D eigenvalue weighted by Crippen LogP contribution is 2.24. The number of ether oxygens (including phenoxy) is 1. The molecule has 0 bridgehead atoms. The Morgan fingerprint density at radius 2 is 1.90 bits per heavy atom. The van der Waals surface area contributed by atoms with E-state index in [9.17, 15) is 14.4 Å². The van der Waals surface area contributed by atoms with Crippen LogP contribution in [0.2, 0.25) is 0 Å². The molecule has 1 amide bonds. The molecule has 2 aromatic carbocycles. The second kappa shape index (κ2) is 8.91. The van der Waals surface area contributed by atoms with Crippen molar-refractivity contribution in [2.45, 2.75) is 19.0 Å². The van der Waals surface area contributed by atoms with E-state index in [2.05, 4.69) is 15.0 Å². The highest BCUT2D eigenvalue weighted by Gasteiger charge is 2.16. The van der Waals surface area contributed by atoms with Gasteiger partial charge >= 0.3 is 5.97 Å². The maximum atomic E-state index is 13.3. The number of carbonyl (C=O) groups is 2. The molecule has 0 saturated heterocycles. The lowest BCUT2D eigenvalue weighted by Crippen LogP contribution is -2.31. The average Bonchev–Trinajstić information content (AvgIpc) is 2.73. The Labute approximate surface area is 172 Å². The number of hydrogen-bond donors (Lipinski definition) is 1. The summed E-state index contributed by atoms with van der Waals surface area (Å²) >= 11 is 1.14. The average molecular weight is 411 g/mol. The van der Waals surface area contributed by atoms with E-state index in [0.29, 0.717) is 16.1 Å². The highest BCUT2D eigenvalue weighted by atomic mass is 32.2. The highest BCUT2D eigenvalue weighted by molar-refractivity contribution is 7.99. The topological polar surface area (TPSA) is 90.3 Å². The fourth-order valence-electron chi connectivity index (χ4n) is 2.82. The van der Waals surface area contributed by atoms with Gasteiger partial charge in [-0.25, -0.2) is 4.98 Å². The van der Waals surface area contributed by atoms with Crippen molar-refractivity contribution in [2.24, 2.45) is 0 Å². The van der Waals surface area contributed by atoms with Crippen LogP contribution in [0, 0.1) is 13.8 Å². The first-order valence-electron chi connectivity index (χ1n) is 8.97. The molecule has 0 saturated carbocycles. The van der Waals surface area contributed by atoms with E-state index in [4.69, 9.17) is 0 Å². The number of thioether (sulfide) groups is 1. The van der Waals surface area contributed by atoms with Crippen LogP contribution in [0.5, 0.6) is 0 Å². The number of esters is 1. The predicted molar refractivity (Wildman–Crippen MR) is 113 cm³/mol. The van der Waals surface area contributed by atoms with Crippen LogP contribution in [0.4, 0.5) is 0 Å². The molecule has 1 N–H and O–H groups in total. The van der Waals surface area contributed by atoms with E-state index in [1.165, 1.54) is 7.11 Å². The van der Waals surface area contributed by atoms with Gasteiger partial charge in [0.15, 0.2) is 5.16 Å². The van der Waals surface area contributed by atoms with Gasteiger partial charge < -0.3 is 10.1 Å². The predicted octanol–water partition coefficient (Wildman–Crippen LogP) is 2.38. The molecule has 8 heteroatoms. The molecule has 0 fully saturated rings. The summed E-state index contributed by atoms with van der Waals surface area (Å²) < 4.78 is 6.05. The number of hydrogen-bond acceptors (Lipinski definition) is 6. The van der Waals surface area contributed by atoms with Crippen molar-refractivity contribution in [3.63, 3.8) is 0 Å². The molecule has 0 radical (unpaired) electrons. The van der Waals surface area contributed by atoms with Crippen LogP contribution < -0.4 is 10.9 Å². The summed E-state index contributed by atoms with van der Waals surface area (Å²) in [5.74, 6) is -0.873. The molecular weight excluding hydrogens is 390 g/mol. The molecule has 0 spiro atoms. The number of methoxy groups -OCH3 is 1. The molecule has 0 aliphatic carbocycles. The van der Waals surface area contributed by atoms with E-state index in [-0.39, 0.29) is 23.8 Å². The summed E-state index contributed by atoms with van der Waals surface area (Å²) in [5, 5.41) is 3.41. The Kier molecular flexibility index (Phi) is 6.33. The molecule has 3 rings (SSSR count). The number of rotatable bonds is 6. The summed E-state index contributed by atoms with van der Waals surface area (Å²) in [4.78, 5) is 41.2. The van der Waals surface area contributed by atoms with Crippen molar-refractivity contribution in [3.8, 4) is 5.69 Å². The van der Waals surface area contributed by atoms with Crippen molar-refractivity contribution in [3.05, 3.63) is 63.9 Å². The Bertz CT molecular complexity index is 1140. The minimum absolute atomic E-state index is 0.00659. The summed E-state index contributed by atoms with van der Waals surface area (Å²) in [6.07, 6.45) is 0. The number of fused-ring (bicyclic) bond motifs is 1. The summed E-state index contributed by atoms with van der Waals surface area (Å²) in [7, 11) is 1.26. The van der Waals surface area contributed by atoms with E-state index in [1.807, 2.05) is 38.1 Å². The van der Waals surface area contributed by atoms with Crippen LogP contribution in [-0.4, -0.2) is 40.8 Å². The van der Waals surface area contributed by atoms with Gasteiger partial charge in [-0.05, 0) is 43.2 Å². The maximum Gasteiger partial charge on any atom is 0.325 e. The van der Waals surface area contributed by atoms with Crippen LogP contribution in [0.15, 0.2) is 52.4 Å². The summed E-state index contributed by atoms with van der Waals surface area (Å²) in [6.45, 7) is 3.72. The Hall–Kier alpha value is -3.13. The summed E-state index contributed by atoms with van der Waals surface area (Å²) in [6, 6.07) is 12.8. The molecule has 1 aromatic heterocycles. The monoisotopic (exact) mass is 411 g/mol. The van der Waals surface area contributed by atoms with Gasteiger partial charge in [0.1, 0.15) is 6.54 Å². The molecule has 3 aromatic rings. The molecule has 7 nitrogen and oxygen atoms in total. The fraction of sp³-hybridized carbons (Fsp3) is 0.238. The number of nitrogens with one attached hydrogen (secondary N) is 1. The number of para-hydroxylation sites is 1. The molecule has 150 valence electrons. The minimum atomic E-state index is -0.528. The first-order chi connectivity index (χ1) is 13.9. The third-order valence-corrected chi connectivity index (χ3v) is 5.49. The lowest BCUT2D eigenvalue weighted by atomic mass is 10.1. The van der Waals surface area contributed by atoms with E-state index in [0.717, 1.165) is 28.6 Å². The van der Waals surface area contributed by atoms with E-state index >= 15 is 0 Å². The van der Waals surface area contributed by atoms with Crippen molar-refractivity contribution < 1.29 is 14.3 Å². The molecule has 1 heterocycles. The quantitative estimate of drug-likeness (QED) is 0.381. The van der Waals surface area contributed by atoms with Crippen LogP contribution in [0.25, 0.3) is 16.6 Å². The van der Waals surface area contributed by atoms with Gasteiger partial charge in [0.05, 0.1) is 29.5 Å². The van der Waals surface area contributed by atoms with Crippen molar-refractivity contribution in [2.75, 3.05) is 19.4 Å². The molecule has 0 aliphatic rings. The largest absolute Gasteiger partial charge is 0.468 e. The fourth-order valence-corrected chi connectivity index (χ4v) is 3.66. The van der Waals surface area contributed by atoms with Crippen molar-refractivity contribution in [1.82, 2.24) is 14.9 Å². The van der Waals surface area contributed by atoms with Gasteiger partial charge in [-0.1, -0.05) is 36.0 Å². The minimum Gasteiger partial charge on any atom is -0.468 e. The third-order valence-electron chi connectivity index (χ3n) is 4.55. The zero-order chi connectivity index (χ0) is 21.0. The number of carbonyl (C=O) groups excluding carboxylic acids is 2. The zero-order valence-electron chi connectivity index (χ0n) is 16.4. The first-order valence-corrected chi connectivity index (χ1v) is 9.95. The second-order valence-corrected chi connectivity index (χ2v) is 7.36. The van der Waals surface area contributed by atoms with Gasteiger partial charge in [0.2, 0.25) is 5.91 Å². The van der Waals surface area contributed by atoms with E-state index < -0.39 is 5.97 Å². The van der Waals surface area contributed by atoms with Gasteiger partial charge in [0, 0.05) is 0 Å². The number of nitrogens with zero attached hydrogens (tertiary/aromatic N) is 2. The Morgan fingerprint density at radius 1 is 1.14 bits per heavy atom. The van der Waals surface area contributed by atoms with Crippen molar-refractivity contribution in [1.29, 1.82) is 0 Å². The lowest BCUT2D eigenvalue weighted by molar-refractivity contribution is -0.140. The molecular formula is C21H21N3O4S. The lowest BCUT2D eigenvalue weighted by Gasteiger charge is -2.16. The Morgan fingerprint density at radius 3 is 2.66 bits per heavy atom. The third kappa shape index (κ3) is 4.48. The molecule has 29 heavy (non-hydrogen) atoms. The van der Waals surface area contributed by atoms with Gasteiger partial charge in [-0.15, -0.1) is 0 Å². The second-order valence-electron chi connectivity index (χ2n) is 6.41. The Balaban J connectivity index is 2.01. The molecule has 0 unspecified atom stereocenters. The normalized spacial score (nSPS) is 10.7. The van der Waals surface area contributed by atoms with Gasteiger partial charge in [-0.2, -0.15) is 0 Å². The molecule has 0 aliphatic heterocycles. The smallest absolute Gasteiger partial charge is 0.325 e. The van der Waals surface area contributed by atoms with Crippen LogP contribution in [0.3, 0.4) is 0 Å². The van der Waals surface area contributed by atoms with Crippen LogP contribution in [-0.2, 0) is 14.3 Å². The zero-order valence-corrected chi connectivity index (χ0v) is 17.2. The first kappa shape index (κ1) is 20.6. The SMILES string of the molecule is COC(=O)CNC(=O)CSc1nc2ccccc2c(=O)n1-c1cccc(C)c1C. The van der Waals surface area contributed by atoms with Crippen LogP contribution in [0.1, 0.15) is 11.1 Å². The van der Waals surface area contributed by atoms with E-state index in [1.54, 1.807) is 22.8 Å². The molecule has 0 atom stereocenters. The number of aromatic nitrogens is 2. The maximum absolute atomic E-state index is 13.3. The standard InChI is InChI=1S/C21H21N3O4S/c1-13-7-6-10-17(14(13)2)24-20(27)15-8-4-5-9-16(15)23-21(24)29-12-18(25)22-11-19(26)28-3/h4-10H,11-12H2,1-3H3,(H,22,25). The number of amides is 1. The number of benzene rings is 2.